The van der Waals surface area contributed by atoms with E-state index in [4.69, 9.17) is 5.11 Å². The fraction of sp³-hybridized carbons (Fsp3) is 0.833. The molecule has 5 heteroatoms. The molecule has 1 heterocycles. The summed E-state index contributed by atoms with van der Waals surface area (Å²) in [5.74, 6) is -0.665. The van der Waals surface area contributed by atoms with E-state index < -0.39 is 5.97 Å². The van der Waals surface area contributed by atoms with Crippen molar-refractivity contribution in [2.24, 2.45) is 11.3 Å². The van der Waals surface area contributed by atoms with E-state index in [1.807, 2.05) is 13.8 Å². The molecule has 0 aromatic heterocycles. The van der Waals surface area contributed by atoms with E-state index in [0.29, 0.717) is 6.54 Å². The highest BCUT2D eigenvalue weighted by Gasteiger charge is 2.44. The summed E-state index contributed by atoms with van der Waals surface area (Å²) in [6.07, 6.45) is 0.781. The number of hydrogen-bond donors (Lipinski definition) is 3. The Kier molecular flexibility index (Phi) is 4.51. The van der Waals surface area contributed by atoms with E-state index in [1.165, 1.54) is 0 Å². The Hall–Kier alpha value is -1.10. The number of aliphatic carboxylic acids is 1. The first-order valence-electron chi connectivity index (χ1n) is 6.12. The molecule has 1 amide bonds. The molecule has 0 bridgehead atoms. The van der Waals surface area contributed by atoms with Gasteiger partial charge in [0.2, 0.25) is 5.91 Å². The highest BCUT2D eigenvalue weighted by Crippen LogP contribution is 2.34. The summed E-state index contributed by atoms with van der Waals surface area (Å²) in [6, 6.07) is -0.323. The lowest BCUT2D eigenvalue weighted by molar-refractivity contribution is -0.138. The predicted molar refractivity (Wildman–Crippen MR) is 64.6 cm³/mol. The molecule has 0 spiro atoms. The third kappa shape index (κ3) is 3.19. The van der Waals surface area contributed by atoms with Crippen molar-refractivity contribution in [1.29, 1.82) is 0 Å². The van der Waals surface area contributed by atoms with Crippen molar-refractivity contribution in [3.05, 3.63) is 0 Å². The van der Waals surface area contributed by atoms with Crippen molar-refractivity contribution < 1.29 is 14.7 Å². The third-order valence-corrected chi connectivity index (χ3v) is 3.60. The molecule has 1 rings (SSSR count). The lowest BCUT2D eigenvalue weighted by Gasteiger charge is -2.32. The number of nitrogens with one attached hydrogen (secondary N) is 2. The van der Waals surface area contributed by atoms with Crippen LogP contribution in [-0.2, 0) is 9.59 Å². The van der Waals surface area contributed by atoms with Gasteiger partial charge in [0.15, 0.2) is 0 Å². The van der Waals surface area contributed by atoms with Crippen molar-refractivity contribution in [2.75, 3.05) is 13.1 Å². The number of carboxylic acids is 1. The molecule has 3 N–H and O–H groups in total. The molecule has 0 aromatic carbocycles. The molecular formula is C12H22N2O3. The number of carboxylic acid groups (broad SMARTS) is 1. The normalized spacial score (nSPS) is 25.9. The molecule has 0 aromatic rings. The Bertz CT molecular complexity index is 296. The minimum absolute atomic E-state index is 0.0220. The van der Waals surface area contributed by atoms with Crippen LogP contribution in [0, 0.1) is 11.3 Å². The van der Waals surface area contributed by atoms with Crippen LogP contribution in [0.15, 0.2) is 0 Å². The number of amides is 1. The monoisotopic (exact) mass is 242 g/mol. The second-order valence-corrected chi connectivity index (χ2v) is 5.21. The fourth-order valence-electron chi connectivity index (χ4n) is 2.34. The van der Waals surface area contributed by atoms with E-state index in [-0.39, 0.29) is 29.7 Å². The molecule has 98 valence electrons. The number of rotatable bonds is 5. The molecule has 0 aliphatic carbocycles. The predicted octanol–water partition coefficient (Wildman–Crippen LogP) is 0.601. The van der Waals surface area contributed by atoms with E-state index in [2.05, 4.69) is 10.6 Å². The number of hydrogen-bond acceptors (Lipinski definition) is 3. The van der Waals surface area contributed by atoms with Crippen molar-refractivity contribution in [1.82, 2.24) is 10.6 Å². The quantitative estimate of drug-likeness (QED) is 0.659. The second kappa shape index (κ2) is 5.49. The van der Waals surface area contributed by atoms with E-state index in [0.717, 1.165) is 13.0 Å². The van der Waals surface area contributed by atoms with Gasteiger partial charge in [-0.25, -0.2) is 0 Å². The van der Waals surface area contributed by atoms with E-state index >= 15 is 0 Å². The molecule has 17 heavy (non-hydrogen) atoms. The van der Waals surface area contributed by atoms with Gasteiger partial charge >= 0.3 is 5.97 Å². The van der Waals surface area contributed by atoms with Crippen molar-refractivity contribution >= 4 is 11.9 Å². The molecule has 5 nitrogen and oxygen atoms in total. The summed E-state index contributed by atoms with van der Waals surface area (Å²) in [6.45, 7) is 7.32. The highest BCUT2D eigenvalue weighted by atomic mass is 16.4. The molecule has 1 aliphatic heterocycles. The summed E-state index contributed by atoms with van der Waals surface area (Å²) in [4.78, 5) is 22.8. The summed E-state index contributed by atoms with van der Waals surface area (Å²) < 4.78 is 0. The zero-order chi connectivity index (χ0) is 13.1. The minimum Gasteiger partial charge on any atom is -0.481 e. The van der Waals surface area contributed by atoms with Crippen LogP contribution in [0.4, 0.5) is 0 Å². The molecule has 1 aliphatic rings. The van der Waals surface area contributed by atoms with Crippen LogP contribution in [0.3, 0.4) is 0 Å². The minimum atomic E-state index is -0.888. The number of carbonyl (C=O) groups is 2. The van der Waals surface area contributed by atoms with Gasteiger partial charge in [-0.3, -0.25) is 9.59 Å². The van der Waals surface area contributed by atoms with Gasteiger partial charge in [0.1, 0.15) is 0 Å². The van der Waals surface area contributed by atoms with Crippen LogP contribution in [0.2, 0.25) is 0 Å². The molecule has 1 saturated heterocycles. The highest BCUT2D eigenvalue weighted by molar-refractivity contribution is 5.84. The molecule has 0 saturated carbocycles. The van der Waals surface area contributed by atoms with Crippen molar-refractivity contribution in [2.45, 2.75) is 39.7 Å². The molecule has 2 atom stereocenters. The maximum Gasteiger partial charge on any atom is 0.305 e. The standard InChI is InChI=1S/C12H22N2O3/c1-8(2)12(4-5-13-7-12)11(17)14-9(3)6-10(15)16/h8-9,13H,4-7H2,1-3H3,(H,14,17)(H,15,16). The third-order valence-electron chi connectivity index (χ3n) is 3.60. The van der Waals surface area contributed by atoms with Gasteiger partial charge in [-0.1, -0.05) is 13.8 Å². The van der Waals surface area contributed by atoms with Gasteiger partial charge < -0.3 is 15.7 Å². The van der Waals surface area contributed by atoms with Gasteiger partial charge in [-0.05, 0) is 25.8 Å². The van der Waals surface area contributed by atoms with Crippen LogP contribution < -0.4 is 10.6 Å². The first-order valence-corrected chi connectivity index (χ1v) is 6.12. The lowest BCUT2D eigenvalue weighted by atomic mass is 9.75. The van der Waals surface area contributed by atoms with Gasteiger partial charge in [0.25, 0.3) is 0 Å². The molecule has 2 unspecified atom stereocenters. The summed E-state index contributed by atoms with van der Waals surface area (Å²) in [5, 5.41) is 14.7. The average Bonchev–Trinajstić information content (AvgIpc) is 2.65. The molecular weight excluding hydrogens is 220 g/mol. The fourth-order valence-corrected chi connectivity index (χ4v) is 2.34. The zero-order valence-electron chi connectivity index (χ0n) is 10.7. The van der Waals surface area contributed by atoms with Crippen molar-refractivity contribution in [3.63, 3.8) is 0 Å². The summed E-state index contributed by atoms with van der Waals surface area (Å²) in [5.41, 5.74) is -0.382. The Balaban J connectivity index is 2.64. The largest absolute Gasteiger partial charge is 0.481 e. The zero-order valence-corrected chi connectivity index (χ0v) is 10.7. The Morgan fingerprint density at radius 3 is 2.47 bits per heavy atom. The van der Waals surface area contributed by atoms with Crippen LogP contribution in [0.25, 0.3) is 0 Å². The van der Waals surface area contributed by atoms with Gasteiger partial charge in [0, 0.05) is 12.6 Å². The van der Waals surface area contributed by atoms with Crippen LogP contribution >= 0.6 is 0 Å². The summed E-state index contributed by atoms with van der Waals surface area (Å²) >= 11 is 0. The van der Waals surface area contributed by atoms with Gasteiger partial charge in [-0.2, -0.15) is 0 Å². The topological polar surface area (TPSA) is 78.4 Å². The van der Waals surface area contributed by atoms with Crippen LogP contribution in [-0.4, -0.2) is 36.1 Å². The smallest absolute Gasteiger partial charge is 0.305 e. The lowest BCUT2D eigenvalue weighted by Crippen LogP contribution is -2.49. The van der Waals surface area contributed by atoms with E-state index in [9.17, 15) is 9.59 Å². The Morgan fingerprint density at radius 1 is 1.41 bits per heavy atom. The summed E-state index contributed by atoms with van der Waals surface area (Å²) in [7, 11) is 0. The van der Waals surface area contributed by atoms with Crippen LogP contribution in [0.5, 0.6) is 0 Å². The Labute approximate surface area is 102 Å². The van der Waals surface area contributed by atoms with Crippen molar-refractivity contribution in [3.8, 4) is 0 Å². The number of carbonyl (C=O) groups excluding carboxylic acids is 1. The second-order valence-electron chi connectivity index (χ2n) is 5.21. The first kappa shape index (κ1) is 14.0. The molecule has 0 radical (unpaired) electrons. The molecule has 1 fully saturated rings. The maximum absolute atomic E-state index is 12.3. The Morgan fingerprint density at radius 2 is 2.06 bits per heavy atom. The average molecular weight is 242 g/mol. The van der Waals surface area contributed by atoms with Crippen LogP contribution in [0.1, 0.15) is 33.6 Å². The van der Waals surface area contributed by atoms with Gasteiger partial charge in [-0.15, -0.1) is 0 Å². The van der Waals surface area contributed by atoms with E-state index in [1.54, 1.807) is 6.92 Å². The SMILES string of the molecule is CC(CC(=O)O)NC(=O)C1(C(C)C)CCNC1. The first-order chi connectivity index (χ1) is 7.88. The van der Waals surface area contributed by atoms with Gasteiger partial charge in [0.05, 0.1) is 11.8 Å². The maximum atomic E-state index is 12.3.